The van der Waals surface area contributed by atoms with Crippen molar-refractivity contribution in [2.45, 2.75) is 38.5 Å². The van der Waals surface area contributed by atoms with Gasteiger partial charge in [0.2, 0.25) is 0 Å². The predicted octanol–water partition coefficient (Wildman–Crippen LogP) is 4.27. The molecule has 33 heavy (non-hydrogen) atoms. The number of aryl methyl sites for hydroxylation is 2. The van der Waals surface area contributed by atoms with E-state index in [1.165, 1.54) is 5.56 Å². The van der Waals surface area contributed by atoms with E-state index in [9.17, 15) is 24.3 Å². The van der Waals surface area contributed by atoms with Crippen molar-refractivity contribution in [3.05, 3.63) is 70.5 Å². The smallest absolute Gasteiger partial charge is 0.306 e. The number of nitrogens with zero attached hydrogens (tertiary/aromatic N) is 1. The van der Waals surface area contributed by atoms with Crippen LogP contribution in [-0.4, -0.2) is 40.1 Å². The Kier molecular flexibility index (Phi) is 5.32. The predicted molar refractivity (Wildman–Crippen MR) is 119 cm³/mol. The Balaban J connectivity index is 1.22. The highest BCUT2D eigenvalue weighted by molar-refractivity contribution is 6.21. The third-order valence-corrected chi connectivity index (χ3v) is 6.62. The number of fused-ring (bicyclic) bond motifs is 4. The van der Waals surface area contributed by atoms with E-state index in [1.54, 1.807) is 36.4 Å². The molecule has 0 unspecified atom stereocenters. The average Bonchev–Trinajstić information content (AvgIpc) is 3.46. The van der Waals surface area contributed by atoms with E-state index < -0.39 is 11.9 Å². The number of carboxylic acid groups (broad SMARTS) is 1. The lowest BCUT2D eigenvalue weighted by atomic mass is 9.93. The van der Waals surface area contributed by atoms with Crippen molar-refractivity contribution in [2.75, 3.05) is 6.54 Å². The van der Waals surface area contributed by atoms with Crippen LogP contribution in [0.4, 0.5) is 0 Å². The minimum Gasteiger partial charge on any atom is -0.481 e. The Morgan fingerprint density at radius 1 is 1.03 bits per heavy atom. The van der Waals surface area contributed by atoms with E-state index in [0.717, 1.165) is 35.3 Å². The van der Waals surface area contributed by atoms with E-state index in [-0.39, 0.29) is 37.0 Å². The molecule has 2 amide bonds. The number of carbonyl (C=O) groups excluding carboxylic acids is 3. The summed E-state index contributed by atoms with van der Waals surface area (Å²) in [4.78, 5) is 50.7. The molecule has 2 aliphatic rings. The topological polar surface area (TPSA) is 105 Å². The molecule has 0 fully saturated rings. The first-order valence-electron chi connectivity index (χ1n) is 11.2. The van der Waals surface area contributed by atoms with Crippen LogP contribution >= 0.6 is 0 Å². The maximum absolute atomic E-state index is 12.8. The number of benzene rings is 2. The third kappa shape index (κ3) is 3.73. The van der Waals surface area contributed by atoms with Crippen molar-refractivity contribution < 1.29 is 28.7 Å². The van der Waals surface area contributed by atoms with Crippen LogP contribution in [0.5, 0.6) is 0 Å². The van der Waals surface area contributed by atoms with Gasteiger partial charge in [-0.25, -0.2) is 0 Å². The molecule has 1 aliphatic heterocycles. The summed E-state index contributed by atoms with van der Waals surface area (Å²) in [6.07, 6.45) is 3.30. The van der Waals surface area contributed by atoms with Crippen LogP contribution in [0.3, 0.4) is 0 Å². The number of amides is 2. The molecular formula is C26H23NO6. The maximum Gasteiger partial charge on any atom is 0.306 e. The SMILES string of the molecule is O=C(C[C@@H](CCCN1C(=O)c2ccccc2C1=O)C(=O)O)c1ccc2c3c(oc2c1)CCC3. The zero-order valence-corrected chi connectivity index (χ0v) is 18.0. The van der Waals surface area contributed by atoms with Crippen LogP contribution in [0, 0.1) is 5.92 Å². The second kappa shape index (κ2) is 8.31. The molecule has 1 aliphatic carbocycles. The van der Waals surface area contributed by atoms with Gasteiger partial charge >= 0.3 is 5.97 Å². The Hall–Kier alpha value is -3.74. The van der Waals surface area contributed by atoms with Gasteiger partial charge in [-0.3, -0.25) is 24.1 Å². The Labute approximate surface area is 190 Å². The second-order valence-electron chi connectivity index (χ2n) is 8.68. The summed E-state index contributed by atoms with van der Waals surface area (Å²) >= 11 is 0. The fourth-order valence-electron chi connectivity index (χ4n) is 4.87. The summed E-state index contributed by atoms with van der Waals surface area (Å²) in [6.45, 7) is 0.119. The lowest BCUT2D eigenvalue weighted by Crippen LogP contribution is -2.31. The minimum absolute atomic E-state index is 0.119. The number of hydrogen-bond donors (Lipinski definition) is 1. The summed E-state index contributed by atoms with van der Waals surface area (Å²) in [7, 11) is 0. The number of hydrogen-bond acceptors (Lipinski definition) is 5. The number of furan rings is 1. The Morgan fingerprint density at radius 2 is 1.76 bits per heavy atom. The van der Waals surface area contributed by atoms with Gasteiger partial charge in [0, 0.05) is 35.9 Å². The molecule has 7 heteroatoms. The van der Waals surface area contributed by atoms with Gasteiger partial charge in [0.15, 0.2) is 5.78 Å². The molecule has 5 rings (SSSR count). The molecule has 1 N–H and O–H groups in total. The quantitative estimate of drug-likeness (QED) is 0.410. The lowest BCUT2D eigenvalue weighted by molar-refractivity contribution is -0.141. The third-order valence-electron chi connectivity index (χ3n) is 6.62. The highest BCUT2D eigenvalue weighted by Crippen LogP contribution is 2.33. The van der Waals surface area contributed by atoms with Crippen molar-refractivity contribution in [3.63, 3.8) is 0 Å². The molecule has 1 aromatic heterocycles. The molecule has 0 saturated heterocycles. The van der Waals surface area contributed by atoms with Gasteiger partial charge in [-0.1, -0.05) is 24.3 Å². The molecule has 1 atom stereocenters. The number of aliphatic carboxylic acids is 1. The molecule has 2 aromatic carbocycles. The number of ketones is 1. The summed E-state index contributed by atoms with van der Waals surface area (Å²) in [5, 5.41) is 10.7. The van der Waals surface area contributed by atoms with Gasteiger partial charge in [0.25, 0.3) is 11.8 Å². The number of rotatable bonds is 8. The molecule has 2 heterocycles. The van der Waals surface area contributed by atoms with Crippen LogP contribution in [-0.2, 0) is 17.6 Å². The Bertz CT molecular complexity index is 1270. The minimum atomic E-state index is -1.07. The van der Waals surface area contributed by atoms with Crippen molar-refractivity contribution in [3.8, 4) is 0 Å². The summed E-state index contributed by atoms with van der Waals surface area (Å²) in [5.74, 6) is -1.98. The monoisotopic (exact) mass is 445 g/mol. The standard InChI is InChI=1S/C26H23NO6/c28-21(15-10-11-18-17-8-3-9-22(17)33-23(18)14-15)13-16(26(31)32)5-4-12-27-24(29)19-6-1-2-7-20(19)25(27)30/h1-2,6-7,10-11,14,16H,3-5,8-9,12-13H2,(H,31,32)/t16-/m1/s1. The zero-order chi connectivity index (χ0) is 23.1. The average molecular weight is 445 g/mol. The second-order valence-corrected chi connectivity index (χ2v) is 8.68. The van der Waals surface area contributed by atoms with Crippen LogP contribution in [0.25, 0.3) is 11.0 Å². The van der Waals surface area contributed by atoms with E-state index in [4.69, 9.17) is 4.42 Å². The van der Waals surface area contributed by atoms with E-state index >= 15 is 0 Å². The van der Waals surface area contributed by atoms with Crippen molar-refractivity contribution in [2.24, 2.45) is 5.92 Å². The van der Waals surface area contributed by atoms with Crippen LogP contribution in [0.1, 0.15) is 68.1 Å². The molecule has 3 aromatic rings. The first-order chi connectivity index (χ1) is 15.9. The normalized spacial score (nSPS) is 15.7. The summed E-state index contributed by atoms with van der Waals surface area (Å²) in [6, 6.07) is 11.9. The first kappa shape index (κ1) is 21.1. The van der Waals surface area contributed by atoms with Crippen molar-refractivity contribution in [1.29, 1.82) is 0 Å². The summed E-state index contributed by atoms with van der Waals surface area (Å²) in [5.41, 5.74) is 3.05. The van der Waals surface area contributed by atoms with Gasteiger partial charge < -0.3 is 9.52 Å². The number of Topliss-reactive ketones (excluding diaryl/α,β-unsaturated/α-hetero) is 1. The Morgan fingerprint density at radius 3 is 2.45 bits per heavy atom. The number of imide groups is 1. The highest BCUT2D eigenvalue weighted by Gasteiger charge is 2.35. The molecule has 0 bridgehead atoms. The molecule has 0 spiro atoms. The lowest BCUT2D eigenvalue weighted by Gasteiger charge is -2.16. The van der Waals surface area contributed by atoms with E-state index in [2.05, 4.69) is 0 Å². The summed E-state index contributed by atoms with van der Waals surface area (Å²) < 4.78 is 5.88. The van der Waals surface area contributed by atoms with Gasteiger partial charge in [-0.15, -0.1) is 0 Å². The molecule has 7 nitrogen and oxygen atoms in total. The van der Waals surface area contributed by atoms with Gasteiger partial charge in [0.1, 0.15) is 11.3 Å². The number of carboxylic acids is 1. The molecule has 0 radical (unpaired) electrons. The molecule has 0 saturated carbocycles. The number of carbonyl (C=O) groups is 4. The first-order valence-corrected chi connectivity index (χ1v) is 11.2. The molecular weight excluding hydrogens is 422 g/mol. The van der Waals surface area contributed by atoms with Crippen molar-refractivity contribution in [1.82, 2.24) is 4.90 Å². The van der Waals surface area contributed by atoms with Crippen LogP contribution < -0.4 is 0 Å². The molecule has 168 valence electrons. The largest absolute Gasteiger partial charge is 0.481 e. The van der Waals surface area contributed by atoms with E-state index in [0.29, 0.717) is 28.7 Å². The maximum atomic E-state index is 12.8. The van der Waals surface area contributed by atoms with Gasteiger partial charge in [-0.2, -0.15) is 0 Å². The van der Waals surface area contributed by atoms with Crippen molar-refractivity contribution >= 4 is 34.5 Å². The fraction of sp³-hybridized carbons (Fsp3) is 0.308. The van der Waals surface area contributed by atoms with Crippen LogP contribution in [0.15, 0.2) is 46.9 Å². The van der Waals surface area contributed by atoms with E-state index in [1.807, 2.05) is 6.07 Å². The fourth-order valence-corrected chi connectivity index (χ4v) is 4.87. The van der Waals surface area contributed by atoms with Crippen LogP contribution in [0.2, 0.25) is 0 Å². The van der Waals surface area contributed by atoms with Gasteiger partial charge in [-0.05, 0) is 43.9 Å². The highest BCUT2D eigenvalue weighted by atomic mass is 16.4. The van der Waals surface area contributed by atoms with Gasteiger partial charge in [0.05, 0.1) is 17.0 Å². The zero-order valence-electron chi connectivity index (χ0n) is 18.0.